The third-order valence-corrected chi connectivity index (χ3v) is 5.59. The van der Waals surface area contributed by atoms with E-state index in [0.717, 1.165) is 59.1 Å². The zero-order chi connectivity index (χ0) is 21.8. The number of hydrogen-bond donors (Lipinski definition) is 0. The molecule has 1 aliphatic heterocycles. The molecule has 5 nitrogen and oxygen atoms in total. The summed E-state index contributed by atoms with van der Waals surface area (Å²) < 4.78 is 0. The van der Waals surface area contributed by atoms with Gasteiger partial charge < -0.3 is 4.90 Å². The van der Waals surface area contributed by atoms with Crippen LogP contribution in [0.15, 0.2) is 54.7 Å². The SMILES string of the molecule is CC.O=C(c1ccc2ncc(-c3ccc4nc(Cl)ccc4c3)nc2c1)N1CCCCC1. The van der Waals surface area contributed by atoms with Crippen LogP contribution in [0.3, 0.4) is 0 Å². The highest BCUT2D eigenvalue weighted by Gasteiger charge is 2.18. The molecule has 1 fully saturated rings. The second kappa shape index (κ2) is 9.40. The predicted octanol–water partition coefficient (Wildman–Crippen LogP) is 6.15. The molecule has 0 bridgehead atoms. The van der Waals surface area contributed by atoms with Crippen LogP contribution in [0.5, 0.6) is 0 Å². The highest BCUT2D eigenvalue weighted by Crippen LogP contribution is 2.25. The Morgan fingerprint density at radius 3 is 2.45 bits per heavy atom. The van der Waals surface area contributed by atoms with Crippen molar-refractivity contribution in [2.24, 2.45) is 0 Å². The topological polar surface area (TPSA) is 59.0 Å². The molecule has 0 saturated carbocycles. The van der Waals surface area contributed by atoms with Crippen molar-refractivity contribution in [1.82, 2.24) is 19.9 Å². The molecule has 0 radical (unpaired) electrons. The fraction of sp³-hybridized carbons (Fsp3) is 0.280. The van der Waals surface area contributed by atoms with Crippen molar-refractivity contribution in [3.63, 3.8) is 0 Å². The van der Waals surface area contributed by atoms with Crippen LogP contribution in [0.2, 0.25) is 5.15 Å². The minimum atomic E-state index is 0.0764. The number of carbonyl (C=O) groups excluding carboxylic acids is 1. The number of halogens is 1. The third kappa shape index (κ3) is 4.52. The number of aromatic nitrogens is 3. The number of piperidine rings is 1. The van der Waals surface area contributed by atoms with Gasteiger partial charge in [0.1, 0.15) is 5.15 Å². The van der Waals surface area contributed by atoms with Gasteiger partial charge in [0, 0.05) is 29.6 Å². The van der Waals surface area contributed by atoms with Crippen molar-refractivity contribution in [3.8, 4) is 11.3 Å². The van der Waals surface area contributed by atoms with E-state index >= 15 is 0 Å². The summed E-state index contributed by atoms with van der Waals surface area (Å²) in [5.41, 5.74) is 4.71. The van der Waals surface area contributed by atoms with Gasteiger partial charge in [-0.2, -0.15) is 0 Å². The van der Waals surface area contributed by atoms with E-state index in [9.17, 15) is 4.79 Å². The summed E-state index contributed by atoms with van der Waals surface area (Å²) in [4.78, 5) is 28.4. The molecule has 3 heterocycles. The van der Waals surface area contributed by atoms with Crippen LogP contribution in [0, 0.1) is 0 Å². The number of nitrogens with zero attached hydrogens (tertiary/aromatic N) is 4. The van der Waals surface area contributed by atoms with Crippen molar-refractivity contribution in [2.75, 3.05) is 13.1 Å². The van der Waals surface area contributed by atoms with Gasteiger partial charge in [0.05, 0.1) is 28.4 Å². The summed E-state index contributed by atoms with van der Waals surface area (Å²) in [6.07, 6.45) is 5.11. The summed E-state index contributed by atoms with van der Waals surface area (Å²) in [6.45, 7) is 5.66. The normalized spacial score (nSPS) is 13.7. The highest BCUT2D eigenvalue weighted by molar-refractivity contribution is 6.29. The van der Waals surface area contributed by atoms with Gasteiger partial charge in [-0.15, -0.1) is 0 Å². The first kappa shape index (κ1) is 21.2. The minimum absolute atomic E-state index is 0.0764. The lowest BCUT2D eigenvalue weighted by atomic mass is 10.1. The maximum atomic E-state index is 12.8. The molecule has 1 aliphatic rings. The van der Waals surface area contributed by atoms with Gasteiger partial charge in [-0.3, -0.25) is 9.78 Å². The lowest BCUT2D eigenvalue weighted by Crippen LogP contribution is -2.35. The molecule has 0 atom stereocenters. The second-order valence-electron chi connectivity index (χ2n) is 7.35. The summed E-state index contributed by atoms with van der Waals surface area (Å²) >= 11 is 5.97. The molecule has 4 aromatic rings. The Labute approximate surface area is 187 Å². The molecule has 6 heteroatoms. The van der Waals surface area contributed by atoms with E-state index in [0.29, 0.717) is 10.7 Å². The van der Waals surface area contributed by atoms with Crippen molar-refractivity contribution in [3.05, 3.63) is 65.4 Å². The Bertz CT molecular complexity index is 1230. The first-order valence-corrected chi connectivity index (χ1v) is 11.2. The molecule has 0 N–H and O–H groups in total. The van der Waals surface area contributed by atoms with Crippen LogP contribution in [0.1, 0.15) is 43.5 Å². The van der Waals surface area contributed by atoms with Gasteiger partial charge in [-0.1, -0.05) is 31.5 Å². The lowest BCUT2D eigenvalue weighted by molar-refractivity contribution is 0.0724. The quantitative estimate of drug-likeness (QED) is 0.356. The van der Waals surface area contributed by atoms with E-state index in [4.69, 9.17) is 16.6 Å². The second-order valence-corrected chi connectivity index (χ2v) is 7.74. The molecule has 2 aromatic carbocycles. The van der Waals surface area contributed by atoms with Crippen LogP contribution >= 0.6 is 11.6 Å². The average Bonchev–Trinajstić information content (AvgIpc) is 2.84. The lowest BCUT2D eigenvalue weighted by Gasteiger charge is -2.26. The Balaban J connectivity index is 0.00000112. The van der Waals surface area contributed by atoms with Crippen LogP contribution in [-0.2, 0) is 0 Å². The Morgan fingerprint density at radius 2 is 1.65 bits per heavy atom. The molecule has 0 unspecified atom stereocenters. The number of carbonyl (C=O) groups is 1. The van der Waals surface area contributed by atoms with Crippen LogP contribution in [0.25, 0.3) is 33.2 Å². The maximum Gasteiger partial charge on any atom is 0.253 e. The van der Waals surface area contributed by atoms with E-state index in [1.165, 1.54) is 6.42 Å². The number of amides is 1. The van der Waals surface area contributed by atoms with Gasteiger partial charge in [-0.05, 0) is 61.7 Å². The standard InChI is InChI=1S/C23H19ClN4O.C2H6/c24-22-9-6-15-12-16(4-7-18(15)27-22)21-14-25-19-8-5-17(13-20(19)26-21)23(29)28-10-2-1-3-11-28;1-2/h4-9,12-14H,1-3,10-11H2;1-2H3. The van der Waals surface area contributed by atoms with E-state index in [1.54, 1.807) is 12.3 Å². The number of rotatable bonds is 2. The Kier molecular flexibility index (Phi) is 6.42. The smallest absolute Gasteiger partial charge is 0.253 e. The van der Waals surface area contributed by atoms with Gasteiger partial charge >= 0.3 is 0 Å². The number of pyridine rings is 1. The maximum absolute atomic E-state index is 12.8. The van der Waals surface area contributed by atoms with Crippen molar-refractivity contribution in [1.29, 1.82) is 0 Å². The molecule has 1 saturated heterocycles. The molecule has 5 rings (SSSR count). The van der Waals surface area contributed by atoms with Crippen LogP contribution in [0.4, 0.5) is 0 Å². The molecule has 158 valence electrons. The molecule has 1 amide bonds. The van der Waals surface area contributed by atoms with Crippen LogP contribution < -0.4 is 0 Å². The van der Waals surface area contributed by atoms with Crippen LogP contribution in [-0.4, -0.2) is 38.8 Å². The predicted molar refractivity (Wildman–Crippen MR) is 126 cm³/mol. The third-order valence-electron chi connectivity index (χ3n) is 5.38. The summed E-state index contributed by atoms with van der Waals surface area (Å²) in [5.74, 6) is 0.0764. The summed E-state index contributed by atoms with van der Waals surface area (Å²) in [6, 6.07) is 15.2. The molecule has 2 aromatic heterocycles. The van der Waals surface area contributed by atoms with E-state index in [2.05, 4.69) is 9.97 Å². The summed E-state index contributed by atoms with van der Waals surface area (Å²) in [5, 5.41) is 1.46. The molecule has 0 aliphatic carbocycles. The Morgan fingerprint density at radius 1 is 0.871 bits per heavy atom. The van der Waals surface area contributed by atoms with Crippen molar-refractivity contribution < 1.29 is 4.79 Å². The Hall–Kier alpha value is -3.05. The van der Waals surface area contributed by atoms with Gasteiger partial charge in [-0.25, -0.2) is 9.97 Å². The largest absolute Gasteiger partial charge is 0.339 e. The number of fused-ring (bicyclic) bond motifs is 2. The fourth-order valence-electron chi connectivity index (χ4n) is 3.82. The first-order valence-electron chi connectivity index (χ1n) is 10.8. The zero-order valence-corrected chi connectivity index (χ0v) is 18.6. The molecular weight excluding hydrogens is 408 g/mol. The summed E-state index contributed by atoms with van der Waals surface area (Å²) in [7, 11) is 0. The number of likely N-dealkylation sites (tertiary alicyclic amines) is 1. The van der Waals surface area contributed by atoms with E-state index < -0.39 is 0 Å². The van der Waals surface area contributed by atoms with Crippen molar-refractivity contribution >= 4 is 39.4 Å². The van der Waals surface area contributed by atoms with Crippen molar-refractivity contribution in [2.45, 2.75) is 33.1 Å². The first-order chi connectivity index (χ1) is 15.2. The monoisotopic (exact) mass is 432 g/mol. The molecular formula is C25H25ClN4O. The minimum Gasteiger partial charge on any atom is -0.339 e. The number of benzene rings is 2. The average molecular weight is 433 g/mol. The fourth-order valence-corrected chi connectivity index (χ4v) is 3.98. The molecule has 31 heavy (non-hydrogen) atoms. The zero-order valence-electron chi connectivity index (χ0n) is 17.8. The van der Waals surface area contributed by atoms with E-state index in [-0.39, 0.29) is 5.91 Å². The molecule has 0 spiro atoms. The van der Waals surface area contributed by atoms with Gasteiger partial charge in [0.2, 0.25) is 0 Å². The number of hydrogen-bond acceptors (Lipinski definition) is 4. The highest BCUT2D eigenvalue weighted by atomic mass is 35.5. The van der Waals surface area contributed by atoms with E-state index in [1.807, 2.05) is 61.2 Å². The van der Waals surface area contributed by atoms with Gasteiger partial charge in [0.15, 0.2) is 0 Å². The van der Waals surface area contributed by atoms with Gasteiger partial charge in [0.25, 0.3) is 5.91 Å².